The van der Waals surface area contributed by atoms with Crippen LogP contribution in [0.1, 0.15) is 30.5 Å². The van der Waals surface area contributed by atoms with Crippen molar-refractivity contribution >= 4 is 33.2 Å². The van der Waals surface area contributed by atoms with Crippen molar-refractivity contribution in [1.82, 2.24) is 4.72 Å². The highest BCUT2D eigenvalue weighted by molar-refractivity contribution is 7.89. The summed E-state index contributed by atoms with van der Waals surface area (Å²) in [6, 6.07) is 20.3. The average molecular weight is 492 g/mol. The van der Waals surface area contributed by atoms with Crippen LogP contribution < -0.4 is 14.9 Å². The lowest BCUT2D eigenvalue weighted by Crippen LogP contribution is -2.45. The number of nitrogens with zero attached hydrogens (tertiary/aromatic N) is 1. The Morgan fingerprint density at radius 3 is 2.46 bits per heavy atom. The van der Waals surface area contributed by atoms with Crippen molar-refractivity contribution in [2.24, 2.45) is 0 Å². The molecule has 2 N–H and O–H groups in total. The molecule has 0 saturated heterocycles. The van der Waals surface area contributed by atoms with Gasteiger partial charge in [-0.3, -0.25) is 9.59 Å². The van der Waals surface area contributed by atoms with Crippen LogP contribution in [-0.4, -0.2) is 32.3 Å². The number of nitrogens with one attached hydrogen (secondary N) is 2. The molecule has 0 spiro atoms. The van der Waals surface area contributed by atoms with Crippen LogP contribution in [0.25, 0.3) is 0 Å². The van der Waals surface area contributed by atoms with E-state index in [9.17, 15) is 18.0 Å². The highest BCUT2D eigenvalue weighted by Gasteiger charge is 2.32. The van der Waals surface area contributed by atoms with Crippen molar-refractivity contribution in [3.05, 3.63) is 89.5 Å². The van der Waals surface area contributed by atoms with E-state index in [1.165, 1.54) is 13.0 Å². The summed E-state index contributed by atoms with van der Waals surface area (Å²) >= 11 is 0. The summed E-state index contributed by atoms with van der Waals surface area (Å²) in [5.74, 6) is -0.527. The molecule has 0 unspecified atom stereocenters. The van der Waals surface area contributed by atoms with E-state index in [0.29, 0.717) is 12.1 Å². The molecule has 1 heterocycles. The quantitative estimate of drug-likeness (QED) is 0.525. The molecule has 3 aromatic rings. The van der Waals surface area contributed by atoms with Gasteiger partial charge < -0.3 is 10.2 Å². The molecule has 7 nitrogen and oxygen atoms in total. The predicted octanol–water partition coefficient (Wildman–Crippen LogP) is 3.82. The number of rotatable bonds is 7. The molecular weight excluding hydrogens is 462 g/mol. The van der Waals surface area contributed by atoms with E-state index in [1.54, 1.807) is 23.1 Å². The van der Waals surface area contributed by atoms with Crippen LogP contribution in [0, 0.1) is 6.92 Å². The Morgan fingerprint density at radius 2 is 1.77 bits per heavy atom. The molecular formula is C27H29N3O4S. The molecule has 182 valence electrons. The first kappa shape index (κ1) is 24.6. The Morgan fingerprint density at radius 1 is 1.03 bits per heavy atom. The van der Waals surface area contributed by atoms with Gasteiger partial charge in [0.05, 0.1) is 4.90 Å². The third-order valence-corrected chi connectivity index (χ3v) is 7.57. The van der Waals surface area contributed by atoms with Crippen molar-refractivity contribution in [1.29, 1.82) is 0 Å². The number of anilines is 2. The Hall–Kier alpha value is -3.49. The highest BCUT2D eigenvalue weighted by Crippen LogP contribution is 2.34. The van der Waals surface area contributed by atoms with Crippen LogP contribution in [0.4, 0.5) is 11.4 Å². The Balaban J connectivity index is 1.61. The maximum atomic E-state index is 13.4. The highest BCUT2D eigenvalue weighted by atomic mass is 32.2. The Bertz CT molecular complexity index is 1360. The first-order valence-corrected chi connectivity index (χ1v) is 13.0. The van der Waals surface area contributed by atoms with Gasteiger partial charge in [-0.25, -0.2) is 8.42 Å². The molecule has 2 atom stereocenters. The van der Waals surface area contributed by atoms with Crippen LogP contribution in [0.3, 0.4) is 0 Å². The van der Waals surface area contributed by atoms with E-state index in [0.717, 1.165) is 22.4 Å². The molecule has 1 aliphatic heterocycles. The van der Waals surface area contributed by atoms with Crippen LogP contribution in [0.2, 0.25) is 0 Å². The SMILES string of the molecule is CC(=O)N1c2ccc(S(=O)(=O)N[C@@H](Cc3ccccc3)C(=O)Nc3cccc(C)c3)cc2C[C@@H]1C. The largest absolute Gasteiger partial charge is 0.325 e. The number of aryl methyl sites for hydroxylation is 1. The molecule has 0 aliphatic carbocycles. The number of carbonyl (C=O) groups is 2. The normalized spacial score (nSPS) is 16.0. The average Bonchev–Trinajstić information content (AvgIpc) is 3.14. The fourth-order valence-electron chi connectivity index (χ4n) is 4.50. The van der Waals surface area contributed by atoms with Gasteiger partial charge in [0.25, 0.3) is 0 Å². The lowest BCUT2D eigenvalue weighted by molar-refractivity contribution is -0.118. The van der Waals surface area contributed by atoms with Crippen LogP contribution in [0.5, 0.6) is 0 Å². The maximum Gasteiger partial charge on any atom is 0.242 e. The molecule has 8 heteroatoms. The van der Waals surface area contributed by atoms with E-state index in [1.807, 2.05) is 62.4 Å². The van der Waals surface area contributed by atoms with Gasteiger partial charge >= 0.3 is 0 Å². The number of hydrogen-bond donors (Lipinski definition) is 2. The topological polar surface area (TPSA) is 95.6 Å². The van der Waals surface area contributed by atoms with E-state index in [2.05, 4.69) is 10.0 Å². The lowest BCUT2D eigenvalue weighted by Gasteiger charge is -2.21. The number of amides is 2. The van der Waals surface area contributed by atoms with Gasteiger partial charge in [-0.1, -0.05) is 42.5 Å². The van der Waals surface area contributed by atoms with Crippen molar-refractivity contribution in [2.45, 2.75) is 50.6 Å². The second-order valence-electron chi connectivity index (χ2n) is 8.96. The summed E-state index contributed by atoms with van der Waals surface area (Å²) in [5, 5.41) is 2.83. The van der Waals surface area contributed by atoms with Crippen molar-refractivity contribution in [2.75, 3.05) is 10.2 Å². The zero-order chi connectivity index (χ0) is 25.2. The first-order valence-electron chi connectivity index (χ1n) is 11.5. The molecule has 0 saturated carbocycles. The van der Waals surface area contributed by atoms with Crippen molar-refractivity contribution < 1.29 is 18.0 Å². The van der Waals surface area contributed by atoms with Crippen LogP contribution in [-0.2, 0) is 32.5 Å². The minimum absolute atomic E-state index is 0.0423. The van der Waals surface area contributed by atoms with E-state index < -0.39 is 22.0 Å². The second kappa shape index (κ2) is 10.0. The zero-order valence-corrected chi connectivity index (χ0v) is 20.8. The summed E-state index contributed by atoms with van der Waals surface area (Å²) < 4.78 is 29.3. The minimum Gasteiger partial charge on any atom is -0.325 e. The second-order valence-corrected chi connectivity index (χ2v) is 10.7. The third kappa shape index (κ3) is 5.61. The number of sulfonamides is 1. The molecule has 1 aliphatic rings. The van der Waals surface area contributed by atoms with E-state index in [-0.39, 0.29) is 23.3 Å². The van der Waals surface area contributed by atoms with Gasteiger partial charge in [0.2, 0.25) is 21.8 Å². The fraction of sp³-hybridized carbons (Fsp3) is 0.259. The standard InChI is InChI=1S/C27H29N3O4S/c1-18-8-7-11-23(14-18)28-27(32)25(16-21-9-5-4-6-10-21)29-35(33,34)24-12-13-26-22(17-24)15-19(2)30(26)20(3)31/h4-14,17,19,25,29H,15-16H2,1-3H3,(H,28,32)/t19-,25-/m0/s1. The minimum atomic E-state index is -4.02. The molecule has 2 amide bonds. The summed E-state index contributed by atoms with van der Waals surface area (Å²) in [5.41, 5.74) is 3.93. The van der Waals surface area contributed by atoms with Crippen molar-refractivity contribution in [3.63, 3.8) is 0 Å². The number of benzene rings is 3. The van der Waals surface area contributed by atoms with E-state index >= 15 is 0 Å². The van der Waals surface area contributed by atoms with Gasteiger partial charge in [0.1, 0.15) is 6.04 Å². The fourth-order valence-corrected chi connectivity index (χ4v) is 5.75. The summed E-state index contributed by atoms with van der Waals surface area (Å²) in [6.07, 6.45) is 0.761. The van der Waals surface area contributed by atoms with Crippen LogP contribution in [0.15, 0.2) is 77.7 Å². The molecule has 4 rings (SSSR count). The van der Waals surface area contributed by atoms with Gasteiger partial charge in [0, 0.05) is 24.3 Å². The third-order valence-electron chi connectivity index (χ3n) is 6.10. The molecule has 0 fully saturated rings. The summed E-state index contributed by atoms with van der Waals surface area (Å²) in [4.78, 5) is 27.0. The Kier molecular flexibility index (Phi) is 7.05. The van der Waals surface area contributed by atoms with E-state index in [4.69, 9.17) is 0 Å². The maximum absolute atomic E-state index is 13.4. The predicted molar refractivity (Wildman–Crippen MR) is 137 cm³/mol. The van der Waals surface area contributed by atoms with Gasteiger partial charge in [-0.2, -0.15) is 4.72 Å². The first-order chi connectivity index (χ1) is 16.6. The van der Waals surface area contributed by atoms with Gasteiger partial charge in [0.15, 0.2) is 0 Å². The smallest absolute Gasteiger partial charge is 0.242 e. The summed E-state index contributed by atoms with van der Waals surface area (Å²) in [6.45, 7) is 5.35. The Labute approximate surface area is 206 Å². The molecule has 35 heavy (non-hydrogen) atoms. The van der Waals surface area contributed by atoms with Crippen molar-refractivity contribution in [3.8, 4) is 0 Å². The monoisotopic (exact) mass is 491 g/mol. The zero-order valence-electron chi connectivity index (χ0n) is 20.0. The van der Waals surface area contributed by atoms with Gasteiger partial charge in [-0.05, 0) is 73.7 Å². The summed E-state index contributed by atoms with van der Waals surface area (Å²) in [7, 11) is -4.02. The number of carbonyl (C=O) groups excluding carboxylic acids is 2. The number of hydrogen-bond acceptors (Lipinski definition) is 4. The molecule has 0 aromatic heterocycles. The number of fused-ring (bicyclic) bond motifs is 1. The van der Waals surface area contributed by atoms with Crippen LogP contribution >= 0.6 is 0 Å². The molecule has 0 radical (unpaired) electrons. The molecule has 0 bridgehead atoms. The van der Waals surface area contributed by atoms with Gasteiger partial charge in [-0.15, -0.1) is 0 Å². The lowest BCUT2D eigenvalue weighted by atomic mass is 10.1. The molecule has 3 aromatic carbocycles.